The van der Waals surface area contributed by atoms with E-state index in [1.807, 2.05) is 6.92 Å². The molecule has 0 saturated heterocycles. The van der Waals surface area contributed by atoms with Crippen LogP contribution in [0, 0.1) is 12.7 Å². The quantitative estimate of drug-likeness (QED) is 0.802. The van der Waals surface area contributed by atoms with Crippen LogP contribution in [0.4, 0.5) is 4.39 Å². The summed E-state index contributed by atoms with van der Waals surface area (Å²) < 4.78 is 20.4. The standard InChI is InChI=1S/C13H13Cl2FN2O/c1-8-13(15)11(18(2)17-8)7-19-12-4-3-10(16)5-9(12)6-14/h3-5H,6-7H2,1-2H3. The Morgan fingerprint density at radius 3 is 2.74 bits per heavy atom. The number of hydrogen-bond donors (Lipinski definition) is 0. The third-order valence-electron chi connectivity index (χ3n) is 2.79. The van der Waals surface area contributed by atoms with Crippen LogP contribution in [0.15, 0.2) is 18.2 Å². The Kier molecular flexibility index (Phi) is 4.32. The van der Waals surface area contributed by atoms with Crippen molar-refractivity contribution in [1.29, 1.82) is 0 Å². The Labute approximate surface area is 120 Å². The highest BCUT2D eigenvalue weighted by Gasteiger charge is 2.12. The van der Waals surface area contributed by atoms with E-state index in [1.54, 1.807) is 17.8 Å². The Hall–Kier alpha value is -1.26. The van der Waals surface area contributed by atoms with Gasteiger partial charge in [-0.1, -0.05) is 11.6 Å². The van der Waals surface area contributed by atoms with Crippen LogP contribution in [0.5, 0.6) is 5.75 Å². The van der Waals surface area contributed by atoms with Gasteiger partial charge in [-0.05, 0) is 25.1 Å². The molecule has 0 atom stereocenters. The molecule has 102 valence electrons. The van der Waals surface area contributed by atoms with Gasteiger partial charge in [0.25, 0.3) is 0 Å². The van der Waals surface area contributed by atoms with Crippen molar-refractivity contribution in [2.45, 2.75) is 19.4 Å². The van der Waals surface area contributed by atoms with Crippen LogP contribution < -0.4 is 4.74 Å². The summed E-state index contributed by atoms with van der Waals surface area (Å²) in [5, 5.41) is 4.78. The fourth-order valence-electron chi connectivity index (χ4n) is 1.78. The largest absolute Gasteiger partial charge is 0.487 e. The minimum Gasteiger partial charge on any atom is -0.487 e. The van der Waals surface area contributed by atoms with Crippen LogP contribution in [0.2, 0.25) is 5.02 Å². The van der Waals surface area contributed by atoms with Gasteiger partial charge in [-0.2, -0.15) is 5.10 Å². The van der Waals surface area contributed by atoms with Gasteiger partial charge >= 0.3 is 0 Å². The van der Waals surface area contributed by atoms with E-state index in [0.717, 1.165) is 11.4 Å². The third-order valence-corrected chi connectivity index (χ3v) is 3.57. The first kappa shape index (κ1) is 14.2. The van der Waals surface area contributed by atoms with Crippen LogP contribution in [0.25, 0.3) is 0 Å². The Morgan fingerprint density at radius 2 is 2.16 bits per heavy atom. The second-order valence-electron chi connectivity index (χ2n) is 4.14. The lowest BCUT2D eigenvalue weighted by Crippen LogP contribution is -2.04. The van der Waals surface area contributed by atoms with Gasteiger partial charge in [-0.25, -0.2) is 4.39 Å². The molecule has 1 aromatic carbocycles. The predicted molar refractivity (Wildman–Crippen MR) is 73.2 cm³/mol. The highest BCUT2D eigenvalue weighted by molar-refractivity contribution is 6.31. The molecule has 19 heavy (non-hydrogen) atoms. The summed E-state index contributed by atoms with van der Waals surface area (Å²) in [6.07, 6.45) is 0. The van der Waals surface area contributed by atoms with Gasteiger partial charge in [0.15, 0.2) is 0 Å². The highest BCUT2D eigenvalue weighted by Crippen LogP contribution is 2.25. The maximum absolute atomic E-state index is 13.1. The topological polar surface area (TPSA) is 27.1 Å². The van der Waals surface area contributed by atoms with Crippen molar-refractivity contribution in [3.63, 3.8) is 0 Å². The zero-order valence-corrected chi connectivity index (χ0v) is 12.1. The lowest BCUT2D eigenvalue weighted by atomic mass is 10.2. The Bertz CT molecular complexity index is 599. The highest BCUT2D eigenvalue weighted by atomic mass is 35.5. The Morgan fingerprint density at radius 1 is 1.42 bits per heavy atom. The first-order valence-corrected chi connectivity index (χ1v) is 6.59. The molecule has 0 aliphatic carbocycles. The van der Waals surface area contributed by atoms with Gasteiger partial charge in [0.1, 0.15) is 18.2 Å². The van der Waals surface area contributed by atoms with Gasteiger partial charge < -0.3 is 4.74 Å². The second kappa shape index (κ2) is 5.80. The molecular formula is C13H13Cl2FN2O. The summed E-state index contributed by atoms with van der Waals surface area (Å²) in [6, 6.07) is 4.25. The van der Waals surface area contributed by atoms with E-state index in [-0.39, 0.29) is 18.3 Å². The van der Waals surface area contributed by atoms with Crippen LogP contribution in [0.3, 0.4) is 0 Å². The van der Waals surface area contributed by atoms with Gasteiger partial charge in [0.2, 0.25) is 0 Å². The molecule has 0 N–H and O–H groups in total. The average Bonchev–Trinajstić information content (AvgIpc) is 2.62. The molecule has 1 heterocycles. The molecular weight excluding hydrogens is 290 g/mol. The van der Waals surface area contributed by atoms with E-state index >= 15 is 0 Å². The molecule has 3 nitrogen and oxygen atoms in total. The van der Waals surface area contributed by atoms with E-state index in [2.05, 4.69) is 5.10 Å². The summed E-state index contributed by atoms with van der Waals surface area (Å²) >= 11 is 11.9. The molecule has 0 aliphatic rings. The van der Waals surface area contributed by atoms with E-state index in [0.29, 0.717) is 16.3 Å². The van der Waals surface area contributed by atoms with Crippen molar-refractivity contribution in [2.24, 2.45) is 7.05 Å². The van der Waals surface area contributed by atoms with Crippen molar-refractivity contribution >= 4 is 23.2 Å². The van der Waals surface area contributed by atoms with E-state index in [1.165, 1.54) is 12.1 Å². The summed E-state index contributed by atoms with van der Waals surface area (Å²) in [7, 11) is 1.80. The number of nitrogens with zero attached hydrogens (tertiary/aromatic N) is 2. The molecule has 1 aromatic heterocycles. The van der Waals surface area contributed by atoms with Crippen LogP contribution in [0.1, 0.15) is 17.0 Å². The second-order valence-corrected chi connectivity index (χ2v) is 4.79. The number of alkyl halides is 1. The zero-order valence-electron chi connectivity index (χ0n) is 10.6. The molecule has 0 unspecified atom stereocenters. The molecule has 0 saturated carbocycles. The van der Waals surface area contributed by atoms with Crippen molar-refractivity contribution in [3.05, 3.63) is 46.0 Å². The lowest BCUT2D eigenvalue weighted by Gasteiger charge is -2.10. The van der Waals surface area contributed by atoms with Gasteiger partial charge in [0.05, 0.1) is 22.3 Å². The zero-order chi connectivity index (χ0) is 14.0. The smallest absolute Gasteiger partial charge is 0.131 e. The Balaban J connectivity index is 2.19. The monoisotopic (exact) mass is 302 g/mol. The molecule has 2 rings (SSSR count). The van der Waals surface area contributed by atoms with Crippen molar-refractivity contribution < 1.29 is 9.13 Å². The molecule has 0 amide bonds. The minimum absolute atomic E-state index is 0.186. The van der Waals surface area contributed by atoms with Crippen LogP contribution in [-0.4, -0.2) is 9.78 Å². The van der Waals surface area contributed by atoms with Crippen molar-refractivity contribution in [3.8, 4) is 5.75 Å². The summed E-state index contributed by atoms with van der Waals surface area (Å²) in [5.41, 5.74) is 2.13. The number of halogens is 3. The lowest BCUT2D eigenvalue weighted by molar-refractivity contribution is 0.292. The van der Waals surface area contributed by atoms with Crippen molar-refractivity contribution in [2.75, 3.05) is 0 Å². The number of benzene rings is 1. The molecule has 0 bridgehead atoms. The fraction of sp³-hybridized carbons (Fsp3) is 0.308. The maximum Gasteiger partial charge on any atom is 0.131 e. The first-order valence-electron chi connectivity index (χ1n) is 5.68. The number of rotatable bonds is 4. The molecule has 6 heteroatoms. The van der Waals surface area contributed by atoms with E-state index < -0.39 is 0 Å². The molecule has 0 radical (unpaired) electrons. The number of aromatic nitrogens is 2. The molecule has 0 fully saturated rings. The molecule has 0 aliphatic heterocycles. The molecule has 0 spiro atoms. The fourth-order valence-corrected chi connectivity index (χ4v) is 2.20. The van der Waals surface area contributed by atoms with Crippen molar-refractivity contribution in [1.82, 2.24) is 9.78 Å². The SMILES string of the molecule is Cc1nn(C)c(COc2ccc(F)cc2CCl)c1Cl. The van der Waals surface area contributed by atoms with Crippen LogP contribution in [-0.2, 0) is 19.5 Å². The summed E-state index contributed by atoms with van der Waals surface area (Å²) in [5.74, 6) is 0.398. The van der Waals surface area contributed by atoms with Gasteiger partial charge in [0, 0.05) is 12.6 Å². The van der Waals surface area contributed by atoms with E-state index in [9.17, 15) is 4.39 Å². The van der Waals surface area contributed by atoms with Gasteiger partial charge in [-0.3, -0.25) is 4.68 Å². The maximum atomic E-state index is 13.1. The first-order chi connectivity index (χ1) is 9.02. The minimum atomic E-state index is -0.336. The number of hydrogen-bond acceptors (Lipinski definition) is 2. The van der Waals surface area contributed by atoms with E-state index in [4.69, 9.17) is 27.9 Å². The summed E-state index contributed by atoms with van der Waals surface area (Å²) in [4.78, 5) is 0. The number of aryl methyl sites for hydroxylation is 2. The molecule has 2 aromatic rings. The number of ether oxygens (including phenoxy) is 1. The third kappa shape index (κ3) is 3.01. The van der Waals surface area contributed by atoms with Gasteiger partial charge in [-0.15, -0.1) is 11.6 Å². The normalized spacial score (nSPS) is 10.8. The van der Waals surface area contributed by atoms with Crippen LogP contribution >= 0.6 is 23.2 Å². The predicted octanol–water partition coefficient (Wildman–Crippen LogP) is 3.84. The summed E-state index contributed by atoms with van der Waals surface area (Å²) in [6.45, 7) is 2.08. The average molecular weight is 303 g/mol.